The molecule has 1 aliphatic heterocycles. The molecule has 0 radical (unpaired) electrons. The van der Waals surface area contributed by atoms with Crippen molar-refractivity contribution in [2.24, 2.45) is 0 Å². The SMILES string of the molecule is Cc1ccc(S(=O)(=O)OCC2CN(C)C(=O)N2)cc1. The predicted molar refractivity (Wildman–Crippen MR) is 69.3 cm³/mol. The second kappa shape index (κ2) is 5.18. The summed E-state index contributed by atoms with van der Waals surface area (Å²) in [7, 11) is -2.13. The molecule has 0 saturated carbocycles. The first kappa shape index (κ1) is 13.8. The molecule has 1 unspecified atom stereocenters. The fourth-order valence-electron chi connectivity index (χ4n) is 1.78. The zero-order valence-corrected chi connectivity index (χ0v) is 11.6. The van der Waals surface area contributed by atoms with Crippen molar-refractivity contribution in [3.8, 4) is 0 Å². The first-order valence-electron chi connectivity index (χ1n) is 5.86. The molecule has 19 heavy (non-hydrogen) atoms. The van der Waals surface area contributed by atoms with Crippen molar-refractivity contribution in [3.63, 3.8) is 0 Å². The number of hydrogen-bond donors (Lipinski definition) is 1. The molecule has 2 rings (SSSR count). The van der Waals surface area contributed by atoms with Crippen molar-refractivity contribution >= 4 is 16.1 Å². The molecule has 0 aromatic heterocycles. The van der Waals surface area contributed by atoms with Crippen LogP contribution in [0.25, 0.3) is 0 Å². The summed E-state index contributed by atoms with van der Waals surface area (Å²) in [5.74, 6) is 0. The Balaban J connectivity index is 1.99. The summed E-state index contributed by atoms with van der Waals surface area (Å²) in [6.07, 6.45) is 0. The molecule has 0 bridgehead atoms. The van der Waals surface area contributed by atoms with E-state index < -0.39 is 10.1 Å². The largest absolute Gasteiger partial charge is 0.331 e. The van der Waals surface area contributed by atoms with Gasteiger partial charge in [0.05, 0.1) is 17.5 Å². The third-order valence-electron chi connectivity index (χ3n) is 2.90. The van der Waals surface area contributed by atoms with E-state index in [1.165, 1.54) is 17.0 Å². The average Bonchev–Trinajstić information content (AvgIpc) is 2.67. The van der Waals surface area contributed by atoms with E-state index in [0.717, 1.165) is 5.56 Å². The van der Waals surface area contributed by atoms with Crippen molar-refractivity contribution < 1.29 is 17.4 Å². The van der Waals surface area contributed by atoms with Crippen LogP contribution in [0.15, 0.2) is 29.2 Å². The van der Waals surface area contributed by atoms with Gasteiger partial charge in [-0.25, -0.2) is 4.79 Å². The molecule has 104 valence electrons. The molecule has 6 nitrogen and oxygen atoms in total. The minimum absolute atomic E-state index is 0.0632. The van der Waals surface area contributed by atoms with Crippen molar-refractivity contribution in [2.45, 2.75) is 17.9 Å². The van der Waals surface area contributed by atoms with Gasteiger partial charge < -0.3 is 10.2 Å². The summed E-state index contributed by atoms with van der Waals surface area (Å²) in [5.41, 5.74) is 0.976. The molecule has 1 aromatic carbocycles. The Labute approximate surface area is 112 Å². The van der Waals surface area contributed by atoms with Gasteiger partial charge in [-0.15, -0.1) is 0 Å². The number of likely N-dealkylation sites (N-methyl/N-ethyl adjacent to an activating group) is 1. The van der Waals surface area contributed by atoms with Gasteiger partial charge >= 0.3 is 6.03 Å². The van der Waals surface area contributed by atoms with E-state index >= 15 is 0 Å². The van der Waals surface area contributed by atoms with Gasteiger partial charge in [0.1, 0.15) is 0 Å². The zero-order chi connectivity index (χ0) is 14.0. The summed E-state index contributed by atoms with van der Waals surface area (Å²) in [4.78, 5) is 12.8. The van der Waals surface area contributed by atoms with Crippen molar-refractivity contribution in [1.29, 1.82) is 0 Å². The number of rotatable bonds is 4. The molecule has 2 amide bonds. The first-order chi connectivity index (χ1) is 8.88. The first-order valence-corrected chi connectivity index (χ1v) is 7.27. The Morgan fingerprint density at radius 1 is 1.37 bits per heavy atom. The monoisotopic (exact) mass is 284 g/mol. The van der Waals surface area contributed by atoms with Gasteiger partial charge in [-0.2, -0.15) is 8.42 Å². The van der Waals surface area contributed by atoms with Crippen LogP contribution in [-0.4, -0.2) is 45.6 Å². The smallest absolute Gasteiger partial charge is 0.317 e. The fraction of sp³-hybridized carbons (Fsp3) is 0.417. The second-order valence-electron chi connectivity index (χ2n) is 4.58. The summed E-state index contributed by atoms with van der Waals surface area (Å²) in [6.45, 7) is 2.25. The van der Waals surface area contributed by atoms with Gasteiger partial charge in [-0.05, 0) is 19.1 Å². The average molecular weight is 284 g/mol. The molecule has 1 N–H and O–H groups in total. The number of urea groups is 1. The number of aryl methyl sites for hydroxylation is 1. The highest BCUT2D eigenvalue weighted by molar-refractivity contribution is 7.86. The second-order valence-corrected chi connectivity index (χ2v) is 6.19. The maximum atomic E-state index is 11.9. The number of carbonyl (C=O) groups is 1. The number of nitrogens with one attached hydrogen (secondary N) is 1. The van der Waals surface area contributed by atoms with Gasteiger partial charge in [0.2, 0.25) is 0 Å². The summed E-state index contributed by atoms with van der Waals surface area (Å²) >= 11 is 0. The van der Waals surface area contributed by atoms with Crippen LogP contribution in [0, 0.1) is 6.92 Å². The molecule has 0 spiro atoms. The highest BCUT2D eigenvalue weighted by Crippen LogP contribution is 2.14. The van der Waals surface area contributed by atoms with E-state index in [9.17, 15) is 13.2 Å². The lowest BCUT2D eigenvalue weighted by Gasteiger charge is -2.10. The lowest BCUT2D eigenvalue weighted by Crippen LogP contribution is -2.32. The van der Waals surface area contributed by atoms with Gasteiger partial charge in [0.25, 0.3) is 10.1 Å². The van der Waals surface area contributed by atoms with Gasteiger partial charge in [-0.3, -0.25) is 4.18 Å². The predicted octanol–water partition coefficient (Wildman–Crippen LogP) is 0.724. The third kappa shape index (κ3) is 3.24. The lowest BCUT2D eigenvalue weighted by atomic mass is 10.2. The third-order valence-corrected chi connectivity index (χ3v) is 4.20. The van der Waals surface area contributed by atoms with E-state index in [1.54, 1.807) is 19.2 Å². The summed E-state index contributed by atoms with van der Waals surface area (Å²) < 4.78 is 28.8. The minimum atomic E-state index is -3.77. The molecular weight excluding hydrogens is 268 g/mol. The Hall–Kier alpha value is -1.60. The van der Waals surface area contributed by atoms with Gasteiger partial charge in [0.15, 0.2) is 0 Å². The molecule has 0 aliphatic carbocycles. The standard InChI is InChI=1S/C12H16N2O4S/c1-9-3-5-11(6-4-9)19(16,17)18-8-10-7-14(2)12(15)13-10/h3-6,10H,7-8H2,1-2H3,(H,13,15). The van der Waals surface area contributed by atoms with E-state index in [4.69, 9.17) is 4.18 Å². The molecule has 1 aromatic rings. The van der Waals surface area contributed by atoms with Crippen LogP contribution in [0.5, 0.6) is 0 Å². The fourth-order valence-corrected chi connectivity index (χ4v) is 2.73. The van der Waals surface area contributed by atoms with Crippen LogP contribution >= 0.6 is 0 Å². The Kier molecular flexibility index (Phi) is 3.77. The Morgan fingerprint density at radius 3 is 2.53 bits per heavy atom. The van der Waals surface area contributed by atoms with Crippen molar-refractivity contribution in [1.82, 2.24) is 10.2 Å². The van der Waals surface area contributed by atoms with Crippen LogP contribution < -0.4 is 5.32 Å². The maximum Gasteiger partial charge on any atom is 0.317 e. The van der Waals surface area contributed by atoms with Crippen LogP contribution in [0.3, 0.4) is 0 Å². The van der Waals surface area contributed by atoms with E-state index in [2.05, 4.69) is 5.32 Å². The van der Waals surface area contributed by atoms with E-state index in [1.807, 2.05) is 6.92 Å². The topological polar surface area (TPSA) is 75.7 Å². The van der Waals surface area contributed by atoms with Crippen molar-refractivity contribution in [2.75, 3.05) is 20.2 Å². The molecule has 1 heterocycles. The maximum absolute atomic E-state index is 11.9. The molecule has 1 fully saturated rings. The highest BCUT2D eigenvalue weighted by atomic mass is 32.2. The molecular formula is C12H16N2O4S. The van der Waals surface area contributed by atoms with Gasteiger partial charge in [-0.1, -0.05) is 17.7 Å². The Bertz CT molecular complexity index is 568. The van der Waals surface area contributed by atoms with E-state index in [0.29, 0.717) is 6.54 Å². The van der Waals surface area contributed by atoms with Crippen LogP contribution in [0.4, 0.5) is 4.79 Å². The van der Waals surface area contributed by atoms with Crippen LogP contribution in [0.1, 0.15) is 5.56 Å². The normalized spacial score (nSPS) is 19.6. The number of benzene rings is 1. The van der Waals surface area contributed by atoms with Crippen molar-refractivity contribution in [3.05, 3.63) is 29.8 Å². The Morgan fingerprint density at radius 2 is 2.00 bits per heavy atom. The highest BCUT2D eigenvalue weighted by Gasteiger charge is 2.27. The lowest BCUT2D eigenvalue weighted by molar-refractivity contribution is 0.225. The number of nitrogens with zero attached hydrogens (tertiary/aromatic N) is 1. The molecule has 1 aliphatic rings. The summed E-state index contributed by atoms with van der Waals surface area (Å²) in [5, 5.41) is 2.63. The van der Waals surface area contributed by atoms with Gasteiger partial charge in [0, 0.05) is 13.6 Å². The van der Waals surface area contributed by atoms with E-state index in [-0.39, 0.29) is 23.6 Å². The van der Waals surface area contributed by atoms with Crippen LogP contribution in [0.2, 0.25) is 0 Å². The molecule has 1 atom stereocenters. The van der Waals surface area contributed by atoms with Crippen LogP contribution in [-0.2, 0) is 14.3 Å². The quantitative estimate of drug-likeness (QED) is 0.827. The number of carbonyl (C=O) groups excluding carboxylic acids is 1. The number of amides is 2. The molecule has 1 saturated heterocycles. The molecule has 7 heteroatoms. The minimum Gasteiger partial charge on any atom is -0.331 e. The summed E-state index contributed by atoms with van der Waals surface area (Å²) in [6, 6.07) is 5.90. The zero-order valence-electron chi connectivity index (χ0n) is 10.8. The number of hydrogen-bond acceptors (Lipinski definition) is 4.